The summed E-state index contributed by atoms with van der Waals surface area (Å²) in [6.45, 7) is 0. The van der Waals surface area contributed by atoms with E-state index in [1.807, 2.05) is 0 Å². The van der Waals surface area contributed by atoms with Gasteiger partial charge in [-0.2, -0.15) is 5.10 Å². The summed E-state index contributed by atoms with van der Waals surface area (Å²) in [4.78, 5) is 20.2. The second-order valence-electron chi connectivity index (χ2n) is 7.39. The molecule has 3 aromatic heterocycles. The van der Waals surface area contributed by atoms with Crippen LogP contribution in [0.5, 0.6) is 0 Å². The second-order valence-corrected chi connectivity index (χ2v) is 7.80. The molecule has 0 atom stereocenters. The van der Waals surface area contributed by atoms with E-state index < -0.39 is 23.7 Å². The Morgan fingerprint density at radius 2 is 1.97 bits per heavy atom. The van der Waals surface area contributed by atoms with E-state index in [9.17, 15) is 18.0 Å². The van der Waals surface area contributed by atoms with Crippen LogP contribution in [-0.4, -0.2) is 36.0 Å². The number of carbonyl (C=O) groups is 1. The molecule has 3 heterocycles. The Morgan fingerprint density at radius 3 is 2.65 bits per heavy atom. The van der Waals surface area contributed by atoms with Crippen molar-refractivity contribution in [3.63, 3.8) is 0 Å². The van der Waals surface area contributed by atoms with Crippen LogP contribution in [0, 0.1) is 5.82 Å². The van der Waals surface area contributed by atoms with Gasteiger partial charge in [0.1, 0.15) is 17.2 Å². The molecule has 1 aliphatic rings. The average molecular weight is 447 g/mol. The molecule has 158 valence electrons. The molecule has 7 nitrogen and oxygen atoms in total. The van der Waals surface area contributed by atoms with Crippen LogP contribution in [0.25, 0.3) is 28.3 Å². The van der Waals surface area contributed by atoms with Crippen LogP contribution in [0.1, 0.15) is 29.4 Å². The van der Waals surface area contributed by atoms with Gasteiger partial charge in [-0.3, -0.25) is 4.79 Å². The van der Waals surface area contributed by atoms with Crippen molar-refractivity contribution >= 4 is 23.2 Å². The quantitative estimate of drug-likeness (QED) is 0.510. The largest absolute Gasteiger partial charge is 0.364 e. The molecular weight excluding hydrogens is 433 g/mol. The molecule has 4 aromatic rings. The van der Waals surface area contributed by atoms with Crippen LogP contribution in [0.2, 0.25) is 5.02 Å². The average Bonchev–Trinajstić information content (AvgIpc) is 3.31. The number of hydrogen-bond donors (Lipinski definition) is 1. The number of hydrogen-bond acceptors (Lipinski definition) is 4. The van der Waals surface area contributed by atoms with Crippen molar-refractivity contribution in [3.05, 3.63) is 59.4 Å². The van der Waals surface area contributed by atoms with Crippen molar-refractivity contribution in [2.24, 2.45) is 5.73 Å². The zero-order valence-electron chi connectivity index (χ0n) is 15.8. The van der Waals surface area contributed by atoms with Crippen LogP contribution in [0.4, 0.5) is 13.2 Å². The normalized spacial score (nSPS) is 15.9. The number of amides is 1. The fraction of sp³-hybridized carbons (Fsp3) is 0.200. The molecule has 0 spiro atoms. The van der Waals surface area contributed by atoms with E-state index >= 15 is 0 Å². The summed E-state index contributed by atoms with van der Waals surface area (Å²) in [5, 5.41) is 4.37. The van der Waals surface area contributed by atoms with Crippen molar-refractivity contribution in [3.8, 4) is 22.6 Å². The number of carbonyl (C=O) groups excluding carboxylic acids is 1. The number of benzene rings is 1. The maximum Gasteiger partial charge on any atom is 0.269 e. The molecule has 1 saturated carbocycles. The van der Waals surface area contributed by atoms with Crippen LogP contribution >= 0.6 is 11.6 Å². The molecule has 5 rings (SSSR count). The summed E-state index contributed by atoms with van der Waals surface area (Å²) < 4.78 is 43.7. The Morgan fingerprint density at radius 1 is 1.19 bits per heavy atom. The summed E-state index contributed by atoms with van der Waals surface area (Å²) in [6, 6.07) is 6.90. The Labute approximate surface area is 178 Å². The molecule has 1 fully saturated rings. The highest BCUT2D eigenvalue weighted by Gasteiger charge is 2.47. The minimum atomic E-state index is -2.74. The van der Waals surface area contributed by atoms with Gasteiger partial charge in [-0.1, -0.05) is 11.6 Å². The highest BCUT2D eigenvalue weighted by Crippen LogP contribution is 2.48. The lowest BCUT2D eigenvalue weighted by Crippen LogP contribution is -2.37. The molecule has 0 aliphatic heterocycles. The maximum absolute atomic E-state index is 13.7. The van der Waals surface area contributed by atoms with E-state index in [1.165, 1.54) is 35.2 Å². The monoisotopic (exact) mass is 446 g/mol. The molecule has 2 N–H and O–H groups in total. The van der Waals surface area contributed by atoms with Gasteiger partial charge < -0.3 is 10.3 Å². The van der Waals surface area contributed by atoms with E-state index in [-0.39, 0.29) is 23.6 Å². The van der Waals surface area contributed by atoms with Crippen LogP contribution in [-0.2, 0) is 0 Å². The van der Waals surface area contributed by atoms with Crippen molar-refractivity contribution < 1.29 is 18.0 Å². The van der Waals surface area contributed by atoms with Crippen LogP contribution in [0.3, 0.4) is 0 Å². The number of nitrogens with zero attached hydrogens (tertiary/aromatic N) is 5. The van der Waals surface area contributed by atoms with Crippen LogP contribution in [0.15, 0.2) is 42.9 Å². The standard InChI is InChI=1S/C20H14ClF3N6O/c21-12-5-10(1-2-13(12)22)17-18(29(9-27-17)11-6-20(23,24)7-11)14-3-4-16-26-8-15(19(25)31)30(16)28-14/h1-5,8-9,11H,6-7H2,(H2,25,31). The lowest BCUT2D eigenvalue weighted by molar-refractivity contribution is -0.103. The SMILES string of the molecule is NC(=O)c1cnc2ccc(-c3c(-c4ccc(F)c(Cl)c4)ncn3C3CC(F)(F)C3)nn12. The van der Waals surface area contributed by atoms with Gasteiger partial charge in [0.05, 0.1) is 28.9 Å². The van der Waals surface area contributed by atoms with Crippen LogP contribution < -0.4 is 5.73 Å². The first kappa shape index (κ1) is 19.6. The zero-order valence-corrected chi connectivity index (χ0v) is 16.5. The minimum absolute atomic E-state index is 0.0736. The van der Waals surface area contributed by atoms with Crippen molar-refractivity contribution in [2.45, 2.75) is 24.8 Å². The maximum atomic E-state index is 13.7. The highest BCUT2D eigenvalue weighted by molar-refractivity contribution is 6.31. The first-order valence-electron chi connectivity index (χ1n) is 9.28. The molecule has 0 bridgehead atoms. The predicted molar refractivity (Wildman–Crippen MR) is 106 cm³/mol. The van der Waals surface area contributed by atoms with Gasteiger partial charge in [0.25, 0.3) is 11.8 Å². The van der Waals surface area contributed by atoms with Gasteiger partial charge in [0.15, 0.2) is 5.65 Å². The van der Waals surface area contributed by atoms with Crippen molar-refractivity contribution in [2.75, 3.05) is 0 Å². The molecule has 31 heavy (non-hydrogen) atoms. The molecule has 1 aliphatic carbocycles. The van der Waals surface area contributed by atoms with Gasteiger partial charge in [0, 0.05) is 24.4 Å². The van der Waals surface area contributed by atoms with Gasteiger partial charge in [-0.15, -0.1) is 0 Å². The molecule has 11 heteroatoms. The Balaban J connectivity index is 1.71. The summed E-state index contributed by atoms with van der Waals surface area (Å²) >= 11 is 5.94. The van der Waals surface area contributed by atoms with Gasteiger partial charge in [-0.25, -0.2) is 27.7 Å². The fourth-order valence-electron chi connectivity index (χ4n) is 3.74. The third kappa shape index (κ3) is 3.23. The molecular formula is C20H14ClF3N6O. The second kappa shape index (κ2) is 6.81. The smallest absolute Gasteiger partial charge is 0.269 e. The number of imidazole rings is 2. The van der Waals surface area contributed by atoms with E-state index in [2.05, 4.69) is 15.1 Å². The summed E-state index contributed by atoms with van der Waals surface area (Å²) in [5.41, 5.74) is 7.54. The lowest BCUT2D eigenvalue weighted by atomic mass is 9.87. The first-order valence-corrected chi connectivity index (χ1v) is 9.66. The Bertz CT molecular complexity index is 1340. The number of halogens is 4. The summed E-state index contributed by atoms with van der Waals surface area (Å²) in [5.74, 6) is -4.05. The predicted octanol–water partition coefficient (Wildman–Crippen LogP) is 4.12. The summed E-state index contributed by atoms with van der Waals surface area (Å²) in [6.07, 6.45) is 2.09. The number of alkyl halides is 2. The lowest BCUT2D eigenvalue weighted by Gasteiger charge is -2.36. The Kier molecular flexibility index (Phi) is 4.30. The number of aromatic nitrogens is 5. The van der Waals surface area contributed by atoms with E-state index in [0.717, 1.165) is 0 Å². The third-order valence-corrected chi connectivity index (χ3v) is 5.60. The topological polar surface area (TPSA) is 91.1 Å². The first-order chi connectivity index (χ1) is 14.7. The molecule has 0 saturated heterocycles. The van der Waals surface area contributed by atoms with Crippen molar-refractivity contribution in [1.82, 2.24) is 24.1 Å². The van der Waals surface area contributed by atoms with Gasteiger partial charge >= 0.3 is 0 Å². The summed E-state index contributed by atoms with van der Waals surface area (Å²) in [7, 11) is 0. The minimum Gasteiger partial charge on any atom is -0.364 e. The number of fused-ring (bicyclic) bond motifs is 1. The Hall–Kier alpha value is -3.40. The van der Waals surface area contributed by atoms with E-state index in [1.54, 1.807) is 16.7 Å². The number of rotatable bonds is 4. The molecule has 1 aromatic carbocycles. The number of primary amides is 1. The third-order valence-electron chi connectivity index (χ3n) is 5.31. The zero-order chi connectivity index (χ0) is 21.9. The van der Waals surface area contributed by atoms with Gasteiger partial charge in [-0.05, 0) is 30.3 Å². The number of nitrogens with two attached hydrogens (primary N) is 1. The fourth-order valence-corrected chi connectivity index (χ4v) is 3.92. The van der Waals surface area contributed by atoms with Crippen molar-refractivity contribution in [1.29, 1.82) is 0 Å². The molecule has 0 unspecified atom stereocenters. The van der Waals surface area contributed by atoms with E-state index in [4.69, 9.17) is 17.3 Å². The highest BCUT2D eigenvalue weighted by atomic mass is 35.5. The molecule has 1 amide bonds. The molecule has 0 radical (unpaired) electrons. The van der Waals surface area contributed by atoms with E-state index in [0.29, 0.717) is 28.3 Å². The van der Waals surface area contributed by atoms with Gasteiger partial charge in [0.2, 0.25) is 0 Å².